The smallest absolute Gasteiger partial charge is 0.290 e. The number of likely N-dealkylation sites (tertiary alicyclic amines) is 1. The van der Waals surface area contributed by atoms with Gasteiger partial charge in [-0.3, -0.25) is 4.79 Å². The van der Waals surface area contributed by atoms with Crippen molar-refractivity contribution in [3.63, 3.8) is 0 Å². The highest BCUT2D eigenvalue weighted by molar-refractivity contribution is 5.92. The SMILES string of the molecule is COCc1ccc(C(=O)N2C[C@@H]3CNC[C@@H]3[C@@H]2c2ccccc2)o1.Cl. The molecule has 1 aromatic carbocycles. The van der Waals surface area contributed by atoms with E-state index >= 15 is 0 Å². The van der Waals surface area contributed by atoms with Gasteiger partial charge in [-0.1, -0.05) is 30.3 Å². The number of ether oxygens (including phenoxy) is 1. The van der Waals surface area contributed by atoms with Gasteiger partial charge in [0.1, 0.15) is 12.4 Å². The van der Waals surface area contributed by atoms with E-state index in [1.54, 1.807) is 13.2 Å². The second-order valence-electron chi connectivity index (χ2n) is 6.59. The average molecular weight is 363 g/mol. The summed E-state index contributed by atoms with van der Waals surface area (Å²) < 4.78 is 10.7. The highest BCUT2D eigenvalue weighted by atomic mass is 35.5. The number of carbonyl (C=O) groups is 1. The van der Waals surface area contributed by atoms with E-state index in [1.165, 1.54) is 5.56 Å². The van der Waals surface area contributed by atoms with Crippen LogP contribution in [0.15, 0.2) is 46.9 Å². The van der Waals surface area contributed by atoms with Gasteiger partial charge < -0.3 is 19.4 Å². The summed E-state index contributed by atoms with van der Waals surface area (Å²) in [6.07, 6.45) is 0. The fraction of sp³-hybridized carbons (Fsp3) is 0.421. The summed E-state index contributed by atoms with van der Waals surface area (Å²) in [5, 5.41) is 3.47. The summed E-state index contributed by atoms with van der Waals surface area (Å²) in [6.45, 7) is 3.09. The second kappa shape index (κ2) is 7.60. The normalized spacial score (nSPS) is 24.8. The predicted molar refractivity (Wildman–Crippen MR) is 96.7 cm³/mol. The van der Waals surface area contributed by atoms with E-state index < -0.39 is 0 Å². The van der Waals surface area contributed by atoms with Crippen LogP contribution in [-0.4, -0.2) is 37.6 Å². The molecule has 0 saturated carbocycles. The van der Waals surface area contributed by atoms with Crippen LogP contribution >= 0.6 is 12.4 Å². The van der Waals surface area contributed by atoms with E-state index in [-0.39, 0.29) is 24.4 Å². The van der Waals surface area contributed by atoms with Gasteiger partial charge in [0.25, 0.3) is 5.91 Å². The molecule has 1 amide bonds. The van der Waals surface area contributed by atoms with Gasteiger partial charge in [0, 0.05) is 32.7 Å². The summed E-state index contributed by atoms with van der Waals surface area (Å²) >= 11 is 0. The number of halogens is 1. The minimum atomic E-state index is -0.0272. The third kappa shape index (κ3) is 3.32. The van der Waals surface area contributed by atoms with Crippen LogP contribution in [0.3, 0.4) is 0 Å². The van der Waals surface area contributed by atoms with Gasteiger partial charge in [-0.2, -0.15) is 0 Å². The fourth-order valence-corrected chi connectivity index (χ4v) is 4.06. The van der Waals surface area contributed by atoms with Crippen LogP contribution < -0.4 is 5.32 Å². The lowest BCUT2D eigenvalue weighted by Gasteiger charge is -2.27. The van der Waals surface area contributed by atoms with Crippen molar-refractivity contribution in [3.8, 4) is 0 Å². The van der Waals surface area contributed by atoms with Crippen LogP contribution in [0.5, 0.6) is 0 Å². The molecule has 0 radical (unpaired) electrons. The van der Waals surface area contributed by atoms with Crippen molar-refractivity contribution in [3.05, 3.63) is 59.5 Å². The maximum Gasteiger partial charge on any atom is 0.290 e. The first-order valence-electron chi connectivity index (χ1n) is 8.42. The van der Waals surface area contributed by atoms with E-state index in [9.17, 15) is 4.79 Å². The lowest BCUT2D eigenvalue weighted by atomic mass is 9.89. The van der Waals surface area contributed by atoms with Crippen LogP contribution in [0, 0.1) is 11.8 Å². The molecule has 6 heteroatoms. The summed E-state index contributed by atoms with van der Waals surface area (Å²) in [5.41, 5.74) is 1.20. The number of furan rings is 1. The molecule has 0 bridgehead atoms. The number of amides is 1. The molecule has 2 fully saturated rings. The zero-order valence-electron chi connectivity index (χ0n) is 14.2. The monoisotopic (exact) mass is 362 g/mol. The number of methoxy groups -OCH3 is 1. The molecule has 1 aromatic heterocycles. The van der Waals surface area contributed by atoms with Crippen LogP contribution in [0.1, 0.15) is 27.9 Å². The second-order valence-corrected chi connectivity index (χ2v) is 6.59. The Kier molecular flexibility index (Phi) is 5.47. The van der Waals surface area contributed by atoms with Crippen LogP contribution in [0.25, 0.3) is 0 Å². The number of hydrogen-bond donors (Lipinski definition) is 1. The molecule has 0 spiro atoms. The Balaban J connectivity index is 0.00000182. The standard InChI is InChI=1S/C19H22N2O3.ClH/c1-23-12-15-7-8-17(24-15)19(22)21-11-14-9-20-10-16(14)18(21)13-5-3-2-4-6-13;/h2-8,14,16,18,20H,9-12H2,1H3;1H/t14-,16-,18-;/m0./s1. The topological polar surface area (TPSA) is 54.7 Å². The Labute approximate surface area is 153 Å². The Morgan fingerprint density at radius 2 is 2.04 bits per heavy atom. The fourth-order valence-electron chi connectivity index (χ4n) is 4.06. The van der Waals surface area contributed by atoms with Gasteiger partial charge in [-0.25, -0.2) is 0 Å². The molecule has 2 aromatic rings. The molecular weight excluding hydrogens is 340 g/mol. The van der Waals surface area contributed by atoms with Crippen LogP contribution in [0.2, 0.25) is 0 Å². The third-order valence-electron chi connectivity index (χ3n) is 5.13. The minimum absolute atomic E-state index is 0. The van der Waals surface area contributed by atoms with Crippen molar-refractivity contribution in [1.82, 2.24) is 10.2 Å². The number of nitrogens with one attached hydrogen (secondary N) is 1. The highest BCUT2D eigenvalue weighted by Gasteiger charge is 2.47. The Bertz CT molecular complexity index is 718. The van der Waals surface area contributed by atoms with E-state index in [4.69, 9.17) is 9.15 Å². The molecule has 2 saturated heterocycles. The van der Waals surface area contributed by atoms with Crippen molar-refractivity contribution in [2.75, 3.05) is 26.7 Å². The number of rotatable bonds is 4. The zero-order valence-corrected chi connectivity index (χ0v) is 15.0. The van der Waals surface area contributed by atoms with E-state index in [0.29, 0.717) is 30.0 Å². The number of fused-ring (bicyclic) bond motifs is 1. The first kappa shape index (κ1) is 18.0. The van der Waals surface area contributed by atoms with E-state index in [2.05, 4.69) is 17.4 Å². The quantitative estimate of drug-likeness (QED) is 0.908. The van der Waals surface area contributed by atoms with Gasteiger partial charge >= 0.3 is 0 Å². The van der Waals surface area contributed by atoms with Gasteiger partial charge in [0.2, 0.25) is 0 Å². The maximum atomic E-state index is 13.1. The number of hydrogen-bond acceptors (Lipinski definition) is 4. The summed E-state index contributed by atoms with van der Waals surface area (Å²) in [7, 11) is 1.62. The molecule has 1 N–H and O–H groups in total. The first-order valence-corrected chi connectivity index (χ1v) is 8.42. The van der Waals surface area contributed by atoms with Gasteiger partial charge in [0.05, 0.1) is 6.04 Å². The van der Waals surface area contributed by atoms with E-state index in [1.807, 2.05) is 29.2 Å². The van der Waals surface area contributed by atoms with Gasteiger partial charge in [-0.05, 0) is 23.6 Å². The van der Waals surface area contributed by atoms with Gasteiger partial charge in [-0.15, -0.1) is 12.4 Å². The zero-order chi connectivity index (χ0) is 16.5. The van der Waals surface area contributed by atoms with Gasteiger partial charge in [0.15, 0.2) is 5.76 Å². The third-order valence-corrected chi connectivity index (χ3v) is 5.13. The molecule has 4 rings (SSSR count). The van der Waals surface area contributed by atoms with E-state index in [0.717, 1.165) is 19.6 Å². The lowest BCUT2D eigenvalue weighted by Crippen LogP contribution is -2.34. The minimum Gasteiger partial charge on any atom is -0.453 e. The Hall–Kier alpha value is -1.82. The largest absolute Gasteiger partial charge is 0.453 e. The number of nitrogens with zero attached hydrogens (tertiary/aromatic N) is 1. The van der Waals surface area contributed by atoms with Crippen molar-refractivity contribution < 1.29 is 13.9 Å². The molecule has 2 aliphatic heterocycles. The van der Waals surface area contributed by atoms with Crippen molar-refractivity contribution in [1.29, 1.82) is 0 Å². The van der Waals surface area contributed by atoms with Crippen molar-refractivity contribution in [2.45, 2.75) is 12.6 Å². The predicted octanol–water partition coefficient (Wildman–Crippen LogP) is 2.88. The molecule has 2 aliphatic rings. The lowest BCUT2D eigenvalue weighted by molar-refractivity contribution is 0.0674. The molecule has 5 nitrogen and oxygen atoms in total. The maximum absolute atomic E-state index is 13.1. The summed E-state index contributed by atoms with van der Waals surface area (Å²) in [6, 6.07) is 14.0. The van der Waals surface area contributed by atoms with Crippen molar-refractivity contribution in [2.24, 2.45) is 11.8 Å². The molecular formula is C19H23ClN2O3. The van der Waals surface area contributed by atoms with Crippen LogP contribution in [0.4, 0.5) is 0 Å². The van der Waals surface area contributed by atoms with Crippen molar-refractivity contribution >= 4 is 18.3 Å². The molecule has 0 unspecified atom stereocenters. The molecule has 3 heterocycles. The Morgan fingerprint density at radius 1 is 1.24 bits per heavy atom. The summed E-state index contributed by atoms with van der Waals surface area (Å²) in [5.74, 6) is 2.02. The molecule has 0 aliphatic carbocycles. The number of carbonyl (C=O) groups excluding carboxylic acids is 1. The molecule has 3 atom stereocenters. The number of benzene rings is 1. The summed E-state index contributed by atoms with van der Waals surface area (Å²) in [4.78, 5) is 15.0. The first-order chi connectivity index (χ1) is 11.8. The average Bonchev–Trinajstić information content (AvgIpc) is 3.30. The van der Waals surface area contributed by atoms with Crippen LogP contribution in [-0.2, 0) is 11.3 Å². The Morgan fingerprint density at radius 3 is 2.80 bits per heavy atom. The molecule has 134 valence electrons. The molecule has 25 heavy (non-hydrogen) atoms. The highest BCUT2D eigenvalue weighted by Crippen LogP contribution is 2.43.